The standard InChI is InChI=1S/C15H16N8O4/c16-13(25)12-14(20-15(26)27)19-10(18-12)2-1-3-11(24)17-7-4-5-8-9(6-7)22-23-21-8/h4-6,20H,1-3H2,(H2,16,25)(H,17,24)(H,18,19)(H,26,27)(H,21,22,23). The normalized spacial score (nSPS) is 10.7. The fourth-order valence-electron chi connectivity index (χ4n) is 2.48. The molecule has 0 unspecified atom stereocenters. The molecule has 12 heteroatoms. The highest BCUT2D eigenvalue weighted by Crippen LogP contribution is 2.16. The van der Waals surface area contributed by atoms with Crippen LogP contribution in [0.2, 0.25) is 0 Å². The van der Waals surface area contributed by atoms with Crippen molar-refractivity contribution in [3.8, 4) is 0 Å². The van der Waals surface area contributed by atoms with E-state index in [1.54, 1.807) is 18.2 Å². The Bertz CT molecular complexity index is 1010. The number of aryl methyl sites for hydroxylation is 1. The fourth-order valence-corrected chi connectivity index (χ4v) is 2.48. The van der Waals surface area contributed by atoms with Crippen LogP contribution in [-0.4, -0.2) is 48.4 Å². The molecule has 0 atom stereocenters. The number of anilines is 2. The van der Waals surface area contributed by atoms with Gasteiger partial charge >= 0.3 is 6.09 Å². The Labute approximate surface area is 151 Å². The molecule has 27 heavy (non-hydrogen) atoms. The van der Waals surface area contributed by atoms with E-state index in [1.165, 1.54) is 0 Å². The molecule has 12 nitrogen and oxygen atoms in total. The monoisotopic (exact) mass is 372 g/mol. The third kappa shape index (κ3) is 4.36. The number of H-pyrrole nitrogens is 2. The minimum Gasteiger partial charge on any atom is -0.465 e. The third-order valence-corrected chi connectivity index (χ3v) is 3.65. The number of amides is 3. The number of rotatable bonds is 7. The quantitative estimate of drug-likeness (QED) is 0.353. The van der Waals surface area contributed by atoms with Crippen LogP contribution < -0.4 is 16.4 Å². The van der Waals surface area contributed by atoms with Gasteiger partial charge in [-0.15, -0.1) is 5.10 Å². The number of nitrogens with zero attached hydrogens (tertiary/aromatic N) is 3. The predicted molar refractivity (Wildman–Crippen MR) is 94.2 cm³/mol. The summed E-state index contributed by atoms with van der Waals surface area (Å²) in [4.78, 5) is 40.7. The van der Waals surface area contributed by atoms with Crippen molar-refractivity contribution in [3.05, 3.63) is 29.7 Å². The molecule has 1 aromatic carbocycles. The summed E-state index contributed by atoms with van der Waals surface area (Å²) in [6.45, 7) is 0. The molecule has 0 bridgehead atoms. The highest BCUT2D eigenvalue weighted by Gasteiger charge is 2.17. The number of hydrogen-bond donors (Lipinski definition) is 6. The molecule has 0 aliphatic rings. The van der Waals surface area contributed by atoms with Crippen LogP contribution in [0, 0.1) is 0 Å². The molecule has 0 aliphatic heterocycles. The smallest absolute Gasteiger partial charge is 0.410 e. The number of aromatic nitrogens is 5. The maximum absolute atomic E-state index is 12.1. The van der Waals surface area contributed by atoms with E-state index in [1.807, 2.05) is 5.32 Å². The number of aromatic amines is 2. The Morgan fingerprint density at radius 2 is 2.04 bits per heavy atom. The second-order valence-electron chi connectivity index (χ2n) is 5.65. The molecular weight excluding hydrogens is 356 g/mol. The second kappa shape index (κ2) is 7.51. The first-order valence-electron chi connectivity index (χ1n) is 7.91. The van der Waals surface area contributed by atoms with E-state index in [2.05, 4.69) is 30.7 Å². The van der Waals surface area contributed by atoms with Crippen LogP contribution >= 0.6 is 0 Å². The predicted octanol–water partition coefficient (Wildman–Crippen LogP) is 0.831. The van der Waals surface area contributed by atoms with Crippen molar-refractivity contribution in [1.82, 2.24) is 25.4 Å². The van der Waals surface area contributed by atoms with Crippen molar-refractivity contribution in [3.63, 3.8) is 0 Å². The number of primary amides is 1. The minimum absolute atomic E-state index is 0.0876. The van der Waals surface area contributed by atoms with E-state index in [0.29, 0.717) is 29.9 Å². The number of nitrogens with one attached hydrogen (secondary N) is 4. The number of carbonyl (C=O) groups excluding carboxylic acids is 2. The van der Waals surface area contributed by atoms with Crippen LogP contribution in [0.4, 0.5) is 16.3 Å². The molecule has 3 aromatic rings. The molecule has 140 valence electrons. The van der Waals surface area contributed by atoms with Gasteiger partial charge in [0.05, 0.1) is 5.52 Å². The van der Waals surface area contributed by atoms with Crippen LogP contribution in [0.5, 0.6) is 0 Å². The summed E-state index contributed by atoms with van der Waals surface area (Å²) >= 11 is 0. The maximum atomic E-state index is 12.1. The summed E-state index contributed by atoms with van der Waals surface area (Å²) in [5.41, 5.74) is 6.98. The zero-order valence-electron chi connectivity index (χ0n) is 13.9. The van der Waals surface area contributed by atoms with Crippen molar-refractivity contribution < 1.29 is 19.5 Å². The molecule has 0 fully saturated rings. The number of imidazole rings is 1. The SMILES string of the molecule is NC(=O)c1nc(CCCC(=O)Nc2ccc3[nH]nnc3c2)[nH]c1NC(=O)O. The number of fused-ring (bicyclic) bond motifs is 1. The summed E-state index contributed by atoms with van der Waals surface area (Å²) in [5.74, 6) is -0.801. The lowest BCUT2D eigenvalue weighted by Gasteiger charge is -2.04. The molecule has 2 heterocycles. The van der Waals surface area contributed by atoms with Gasteiger partial charge in [0, 0.05) is 18.5 Å². The summed E-state index contributed by atoms with van der Waals surface area (Å²) in [5, 5.41) is 23.8. The number of hydrogen-bond acceptors (Lipinski definition) is 6. The fraction of sp³-hybridized carbons (Fsp3) is 0.200. The van der Waals surface area contributed by atoms with E-state index in [4.69, 9.17) is 10.8 Å². The summed E-state index contributed by atoms with van der Waals surface area (Å²) < 4.78 is 0. The van der Waals surface area contributed by atoms with Gasteiger partial charge in [0.1, 0.15) is 17.2 Å². The molecule has 3 amide bonds. The number of nitrogens with two attached hydrogens (primary N) is 1. The van der Waals surface area contributed by atoms with Crippen LogP contribution in [0.25, 0.3) is 11.0 Å². The molecule has 0 aliphatic carbocycles. The molecule has 2 aromatic heterocycles. The number of benzene rings is 1. The third-order valence-electron chi connectivity index (χ3n) is 3.65. The Morgan fingerprint density at radius 1 is 1.22 bits per heavy atom. The van der Waals surface area contributed by atoms with Gasteiger partial charge in [-0.2, -0.15) is 0 Å². The molecule has 7 N–H and O–H groups in total. The van der Waals surface area contributed by atoms with E-state index in [0.717, 1.165) is 5.52 Å². The van der Waals surface area contributed by atoms with Crippen molar-refractivity contribution >= 4 is 40.4 Å². The first kappa shape index (κ1) is 17.8. The lowest BCUT2D eigenvalue weighted by Crippen LogP contribution is -2.16. The van der Waals surface area contributed by atoms with Crippen molar-refractivity contribution in [1.29, 1.82) is 0 Å². The van der Waals surface area contributed by atoms with Crippen LogP contribution in [0.15, 0.2) is 18.2 Å². The maximum Gasteiger partial charge on any atom is 0.410 e. The van der Waals surface area contributed by atoms with Crippen LogP contribution in [0.3, 0.4) is 0 Å². The van der Waals surface area contributed by atoms with E-state index >= 15 is 0 Å². The van der Waals surface area contributed by atoms with Gasteiger partial charge in [-0.3, -0.25) is 20.0 Å². The lowest BCUT2D eigenvalue weighted by molar-refractivity contribution is -0.116. The van der Waals surface area contributed by atoms with Gasteiger partial charge in [0.25, 0.3) is 5.91 Å². The zero-order chi connectivity index (χ0) is 19.4. The Hall–Kier alpha value is -3.96. The average Bonchev–Trinajstić information content (AvgIpc) is 3.20. The van der Waals surface area contributed by atoms with Gasteiger partial charge in [-0.05, 0) is 24.6 Å². The zero-order valence-corrected chi connectivity index (χ0v) is 13.9. The minimum atomic E-state index is -1.35. The van der Waals surface area contributed by atoms with Gasteiger partial charge in [-0.1, -0.05) is 5.21 Å². The van der Waals surface area contributed by atoms with Gasteiger partial charge in [-0.25, -0.2) is 9.78 Å². The first-order valence-corrected chi connectivity index (χ1v) is 7.91. The molecule has 0 radical (unpaired) electrons. The van der Waals surface area contributed by atoms with Gasteiger partial charge in [0.2, 0.25) is 5.91 Å². The van der Waals surface area contributed by atoms with Gasteiger partial charge < -0.3 is 21.1 Å². The van der Waals surface area contributed by atoms with Gasteiger partial charge in [0.15, 0.2) is 5.69 Å². The number of carboxylic acid groups (broad SMARTS) is 1. The molecular formula is C15H16N8O4. The van der Waals surface area contributed by atoms with E-state index in [9.17, 15) is 14.4 Å². The molecule has 3 rings (SSSR count). The van der Waals surface area contributed by atoms with E-state index in [-0.39, 0.29) is 23.8 Å². The lowest BCUT2D eigenvalue weighted by atomic mass is 10.2. The highest BCUT2D eigenvalue weighted by molar-refractivity contribution is 5.98. The first-order chi connectivity index (χ1) is 12.9. The molecule has 0 spiro atoms. The summed E-state index contributed by atoms with van der Waals surface area (Å²) in [6.07, 6.45) is -0.394. The van der Waals surface area contributed by atoms with Crippen molar-refractivity contribution in [2.45, 2.75) is 19.3 Å². The topological polar surface area (TPSA) is 192 Å². The Kier molecular flexibility index (Phi) is 4.97. The molecule has 0 saturated carbocycles. The Balaban J connectivity index is 1.55. The van der Waals surface area contributed by atoms with Crippen molar-refractivity contribution in [2.24, 2.45) is 5.73 Å². The van der Waals surface area contributed by atoms with Crippen LogP contribution in [-0.2, 0) is 11.2 Å². The second-order valence-corrected chi connectivity index (χ2v) is 5.65. The molecule has 0 saturated heterocycles. The largest absolute Gasteiger partial charge is 0.465 e. The number of carbonyl (C=O) groups is 3. The summed E-state index contributed by atoms with van der Waals surface area (Å²) in [7, 11) is 0. The van der Waals surface area contributed by atoms with E-state index < -0.39 is 12.0 Å². The van der Waals surface area contributed by atoms with Crippen molar-refractivity contribution in [2.75, 3.05) is 10.6 Å². The Morgan fingerprint density at radius 3 is 2.78 bits per heavy atom. The van der Waals surface area contributed by atoms with Crippen LogP contribution in [0.1, 0.15) is 29.2 Å². The summed E-state index contributed by atoms with van der Waals surface area (Å²) in [6, 6.07) is 5.19. The average molecular weight is 372 g/mol. The highest BCUT2D eigenvalue weighted by atomic mass is 16.4.